The van der Waals surface area contributed by atoms with E-state index < -0.39 is 27.7 Å². The Morgan fingerprint density at radius 1 is 0.938 bits per heavy atom. The highest BCUT2D eigenvalue weighted by Crippen LogP contribution is 2.29. The molecule has 0 fully saturated rings. The summed E-state index contributed by atoms with van der Waals surface area (Å²) in [6.07, 6.45) is -4.46. The molecule has 0 bridgehead atoms. The number of carbonyl (C=O) groups excluding carboxylic acids is 1. The molecule has 2 N–H and O–H groups in total. The first kappa shape index (κ1) is 23.3. The molecule has 1 amide bonds. The smallest absolute Gasteiger partial charge is 0.348 e. The molecule has 0 spiro atoms. The van der Waals surface area contributed by atoms with Gasteiger partial charge in [0, 0.05) is 12.1 Å². The summed E-state index contributed by atoms with van der Waals surface area (Å²) in [4.78, 5) is 12.5. The number of nitrogens with one attached hydrogen (secondary N) is 2. The molecule has 0 unspecified atom stereocenters. The Hall–Kier alpha value is -3.33. The minimum atomic E-state index is -4.46. The molecule has 0 aromatic heterocycles. The van der Waals surface area contributed by atoms with Crippen molar-refractivity contribution >= 4 is 21.6 Å². The Morgan fingerprint density at radius 3 is 2.25 bits per heavy atom. The standard InChI is InChI=1S/C23H21F3N2O3S/c1-15-6-9-20(10-7-15)32(30,31)28-21-11-8-18(12-16(21)2)22(29)27-14-17-4-3-5-19(13-17)23(24,25)26/h3-13,28H,14H2,1-2H3,(H,27,29). The van der Waals surface area contributed by atoms with Crippen LogP contribution in [0, 0.1) is 13.8 Å². The quantitative estimate of drug-likeness (QED) is 0.538. The zero-order valence-electron chi connectivity index (χ0n) is 17.3. The Labute approximate surface area is 184 Å². The fraction of sp³-hybridized carbons (Fsp3) is 0.174. The van der Waals surface area contributed by atoms with Gasteiger partial charge in [-0.15, -0.1) is 0 Å². The molecule has 0 aliphatic rings. The van der Waals surface area contributed by atoms with Crippen molar-refractivity contribution in [3.05, 3.63) is 94.5 Å². The van der Waals surface area contributed by atoms with Crippen LogP contribution in [-0.2, 0) is 22.7 Å². The van der Waals surface area contributed by atoms with E-state index in [1.165, 1.54) is 42.5 Å². The van der Waals surface area contributed by atoms with Crippen LogP contribution in [0.4, 0.5) is 18.9 Å². The minimum Gasteiger partial charge on any atom is -0.348 e. The van der Waals surface area contributed by atoms with Crippen molar-refractivity contribution in [2.24, 2.45) is 0 Å². The second-order valence-corrected chi connectivity index (χ2v) is 9.01. The first-order valence-corrected chi connectivity index (χ1v) is 11.1. The van der Waals surface area contributed by atoms with Gasteiger partial charge in [-0.1, -0.05) is 29.8 Å². The van der Waals surface area contributed by atoms with Crippen molar-refractivity contribution in [2.45, 2.75) is 31.5 Å². The zero-order valence-corrected chi connectivity index (χ0v) is 18.1. The first-order chi connectivity index (χ1) is 15.0. The number of sulfonamides is 1. The third-order valence-corrected chi connectivity index (χ3v) is 6.15. The van der Waals surface area contributed by atoms with Gasteiger partial charge in [-0.05, 0) is 67.4 Å². The largest absolute Gasteiger partial charge is 0.416 e. The van der Waals surface area contributed by atoms with E-state index in [1.54, 1.807) is 19.1 Å². The molecule has 168 valence electrons. The summed E-state index contributed by atoms with van der Waals surface area (Å²) in [7, 11) is -3.79. The van der Waals surface area contributed by atoms with Crippen LogP contribution in [0.3, 0.4) is 0 Å². The van der Waals surface area contributed by atoms with Crippen LogP contribution < -0.4 is 10.0 Å². The maximum Gasteiger partial charge on any atom is 0.416 e. The Morgan fingerprint density at radius 2 is 1.62 bits per heavy atom. The number of amides is 1. The number of hydrogen-bond donors (Lipinski definition) is 2. The monoisotopic (exact) mass is 462 g/mol. The first-order valence-electron chi connectivity index (χ1n) is 9.60. The lowest BCUT2D eigenvalue weighted by atomic mass is 10.1. The number of carbonyl (C=O) groups is 1. The fourth-order valence-corrected chi connectivity index (χ4v) is 4.11. The van der Waals surface area contributed by atoms with Gasteiger partial charge in [0.2, 0.25) is 0 Å². The average molecular weight is 462 g/mol. The number of rotatable bonds is 6. The van der Waals surface area contributed by atoms with Crippen LogP contribution >= 0.6 is 0 Å². The second-order valence-electron chi connectivity index (χ2n) is 7.33. The van der Waals surface area contributed by atoms with Crippen molar-refractivity contribution in [2.75, 3.05) is 4.72 Å². The summed E-state index contributed by atoms with van der Waals surface area (Å²) >= 11 is 0. The Bertz CT molecular complexity index is 1240. The topological polar surface area (TPSA) is 75.3 Å². The SMILES string of the molecule is Cc1ccc(S(=O)(=O)Nc2ccc(C(=O)NCc3cccc(C(F)(F)F)c3)cc2C)cc1. The summed E-state index contributed by atoms with van der Waals surface area (Å²) in [5.41, 5.74) is 1.55. The summed E-state index contributed by atoms with van der Waals surface area (Å²) in [5, 5.41) is 2.58. The molecule has 9 heteroatoms. The molecule has 0 heterocycles. The third-order valence-electron chi connectivity index (χ3n) is 4.77. The second kappa shape index (κ2) is 9.04. The van der Waals surface area contributed by atoms with E-state index in [0.29, 0.717) is 16.8 Å². The van der Waals surface area contributed by atoms with Gasteiger partial charge in [-0.3, -0.25) is 9.52 Å². The van der Waals surface area contributed by atoms with Crippen molar-refractivity contribution in [1.82, 2.24) is 5.32 Å². The molecule has 3 rings (SSSR count). The van der Waals surface area contributed by atoms with Gasteiger partial charge in [-0.2, -0.15) is 13.2 Å². The molecule has 3 aromatic rings. The highest BCUT2D eigenvalue weighted by molar-refractivity contribution is 7.92. The van der Waals surface area contributed by atoms with Crippen molar-refractivity contribution in [3.63, 3.8) is 0 Å². The molecule has 0 saturated carbocycles. The number of aryl methyl sites for hydroxylation is 2. The predicted molar refractivity (Wildman–Crippen MR) is 116 cm³/mol. The van der Waals surface area contributed by atoms with Gasteiger partial charge in [-0.25, -0.2) is 8.42 Å². The lowest BCUT2D eigenvalue weighted by Gasteiger charge is -2.13. The van der Waals surface area contributed by atoms with E-state index in [-0.39, 0.29) is 17.0 Å². The molecule has 0 aliphatic heterocycles. The van der Waals surface area contributed by atoms with E-state index in [0.717, 1.165) is 17.7 Å². The van der Waals surface area contributed by atoms with Gasteiger partial charge in [0.15, 0.2) is 0 Å². The molecule has 3 aromatic carbocycles. The van der Waals surface area contributed by atoms with E-state index >= 15 is 0 Å². The zero-order chi connectivity index (χ0) is 23.5. The molecular formula is C23H21F3N2O3S. The van der Waals surface area contributed by atoms with E-state index in [4.69, 9.17) is 0 Å². The van der Waals surface area contributed by atoms with Crippen LogP contribution in [0.25, 0.3) is 0 Å². The van der Waals surface area contributed by atoms with Crippen LogP contribution in [0.15, 0.2) is 71.6 Å². The number of halogens is 3. The van der Waals surface area contributed by atoms with Crippen molar-refractivity contribution in [1.29, 1.82) is 0 Å². The van der Waals surface area contributed by atoms with Crippen LogP contribution in [0.2, 0.25) is 0 Å². The number of alkyl halides is 3. The normalized spacial score (nSPS) is 11.8. The van der Waals surface area contributed by atoms with E-state index in [9.17, 15) is 26.4 Å². The van der Waals surface area contributed by atoms with Crippen LogP contribution in [-0.4, -0.2) is 14.3 Å². The van der Waals surface area contributed by atoms with Crippen LogP contribution in [0.1, 0.15) is 32.6 Å². The van der Waals surface area contributed by atoms with Gasteiger partial charge in [0.1, 0.15) is 0 Å². The highest BCUT2D eigenvalue weighted by atomic mass is 32.2. The molecule has 32 heavy (non-hydrogen) atoms. The predicted octanol–water partition coefficient (Wildman–Crippen LogP) is 5.05. The van der Waals surface area contributed by atoms with Gasteiger partial charge in [0.25, 0.3) is 15.9 Å². The average Bonchev–Trinajstić information content (AvgIpc) is 2.73. The number of anilines is 1. The Balaban J connectivity index is 1.69. The Kier molecular flexibility index (Phi) is 6.59. The summed E-state index contributed by atoms with van der Waals surface area (Å²) in [6.45, 7) is 3.42. The highest BCUT2D eigenvalue weighted by Gasteiger charge is 2.30. The van der Waals surface area contributed by atoms with Crippen molar-refractivity contribution in [3.8, 4) is 0 Å². The van der Waals surface area contributed by atoms with E-state index in [1.807, 2.05) is 6.92 Å². The number of benzene rings is 3. The summed E-state index contributed by atoms with van der Waals surface area (Å²) < 4.78 is 66.1. The van der Waals surface area contributed by atoms with Gasteiger partial charge >= 0.3 is 6.18 Å². The molecule has 0 saturated heterocycles. The molecule has 5 nitrogen and oxygen atoms in total. The minimum absolute atomic E-state index is 0.0798. The lowest BCUT2D eigenvalue weighted by Crippen LogP contribution is -2.23. The van der Waals surface area contributed by atoms with Gasteiger partial charge in [0.05, 0.1) is 16.1 Å². The lowest BCUT2D eigenvalue weighted by molar-refractivity contribution is -0.137. The maximum atomic E-state index is 12.8. The summed E-state index contributed by atoms with van der Waals surface area (Å²) in [6, 6.07) is 15.5. The maximum absolute atomic E-state index is 12.8. The molecule has 0 atom stereocenters. The van der Waals surface area contributed by atoms with E-state index in [2.05, 4.69) is 10.0 Å². The van der Waals surface area contributed by atoms with Gasteiger partial charge < -0.3 is 5.32 Å². The molecular weight excluding hydrogens is 441 g/mol. The molecule has 0 radical (unpaired) electrons. The fourth-order valence-electron chi connectivity index (χ4n) is 2.98. The number of hydrogen-bond acceptors (Lipinski definition) is 3. The summed E-state index contributed by atoms with van der Waals surface area (Å²) in [5.74, 6) is -0.488. The third kappa shape index (κ3) is 5.67. The van der Waals surface area contributed by atoms with Crippen molar-refractivity contribution < 1.29 is 26.4 Å². The van der Waals surface area contributed by atoms with Crippen LogP contribution in [0.5, 0.6) is 0 Å². The molecule has 0 aliphatic carbocycles.